The predicted molar refractivity (Wildman–Crippen MR) is 186 cm³/mol. The van der Waals surface area contributed by atoms with Crippen LogP contribution in [0.25, 0.3) is 0 Å². The molecular formula is C38H48O4Si2. The fourth-order valence-electron chi connectivity index (χ4n) is 7.00. The van der Waals surface area contributed by atoms with Crippen molar-refractivity contribution in [1.29, 1.82) is 0 Å². The van der Waals surface area contributed by atoms with Gasteiger partial charge in [0.15, 0.2) is 0 Å². The minimum Gasteiger partial charge on any atom is -0.407 e. The summed E-state index contributed by atoms with van der Waals surface area (Å²) in [6, 6.07) is 42.8. The molecule has 0 radical (unpaired) electrons. The van der Waals surface area contributed by atoms with Crippen molar-refractivity contribution in [2.75, 3.05) is 19.8 Å². The van der Waals surface area contributed by atoms with E-state index in [2.05, 4.69) is 163 Å². The zero-order valence-corrected chi connectivity index (χ0v) is 29.1. The van der Waals surface area contributed by atoms with E-state index in [1.54, 1.807) is 0 Å². The zero-order chi connectivity index (χ0) is 31.5. The van der Waals surface area contributed by atoms with Gasteiger partial charge in [-0.3, -0.25) is 0 Å². The predicted octanol–water partition coefficient (Wildman–Crippen LogP) is 5.66. The molecule has 44 heavy (non-hydrogen) atoms. The Morgan fingerprint density at radius 2 is 0.932 bits per heavy atom. The van der Waals surface area contributed by atoms with E-state index < -0.39 is 22.2 Å². The molecule has 232 valence electrons. The molecule has 1 N–H and O–H groups in total. The molecule has 1 heterocycles. The van der Waals surface area contributed by atoms with Crippen LogP contribution in [0.3, 0.4) is 0 Å². The first kappa shape index (κ1) is 32.5. The van der Waals surface area contributed by atoms with Gasteiger partial charge in [-0.25, -0.2) is 0 Å². The quantitative estimate of drug-likeness (QED) is 0.163. The Morgan fingerprint density at radius 3 is 1.23 bits per heavy atom. The lowest BCUT2D eigenvalue weighted by molar-refractivity contribution is 0.148. The standard InChI is InChI=1S/C38H48O4Si2/c1-36(2,3)43(31-19-11-7-12-20-31,32-21-13-8-14-22-32)40-28-27-38(35(29-39)42-38)30-41-44(37(4,5)6,33-23-15-9-16-24-33)34-25-17-10-18-26-34/h7-26,35,39H,27-30H2,1-6H3/t35-,38+/m0/s1. The molecule has 4 aromatic carbocycles. The molecule has 0 unspecified atom stereocenters. The minimum absolute atomic E-state index is 0.0384. The smallest absolute Gasteiger partial charge is 0.261 e. The van der Waals surface area contributed by atoms with Gasteiger partial charge in [0.1, 0.15) is 11.7 Å². The van der Waals surface area contributed by atoms with E-state index in [0.717, 1.165) is 0 Å². The van der Waals surface area contributed by atoms with Crippen LogP contribution in [0.2, 0.25) is 10.1 Å². The van der Waals surface area contributed by atoms with E-state index in [1.807, 2.05) is 0 Å². The first-order valence-corrected chi connectivity index (χ1v) is 19.6. The van der Waals surface area contributed by atoms with Crippen LogP contribution in [0, 0.1) is 0 Å². The van der Waals surface area contributed by atoms with Crippen molar-refractivity contribution < 1.29 is 18.7 Å². The lowest BCUT2D eigenvalue weighted by Crippen LogP contribution is -2.67. The van der Waals surface area contributed by atoms with Crippen LogP contribution >= 0.6 is 0 Å². The zero-order valence-electron chi connectivity index (χ0n) is 27.1. The van der Waals surface area contributed by atoms with Gasteiger partial charge in [0.25, 0.3) is 16.6 Å². The summed E-state index contributed by atoms with van der Waals surface area (Å²) in [5, 5.41) is 15.0. The average molecular weight is 625 g/mol. The highest BCUT2D eigenvalue weighted by Gasteiger charge is 2.60. The van der Waals surface area contributed by atoms with E-state index in [1.165, 1.54) is 20.7 Å². The molecule has 2 atom stereocenters. The second kappa shape index (κ2) is 12.9. The van der Waals surface area contributed by atoms with E-state index in [-0.39, 0.29) is 22.8 Å². The Kier molecular flexibility index (Phi) is 9.52. The van der Waals surface area contributed by atoms with Gasteiger partial charge in [0, 0.05) is 13.0 Å². The second-order valence-corrected chi connectivity index (χ2v) is 22.7. The molecule has 0 aromatic heterocycles. The molecule has 6 heteroatoms. The normalized spacial score (nSPS) is 19.1. The maximum atomic E-state index is 10.3. The SMILES string of the molecule is CC(C)(C)[Si](OCC[C@]1(CO[Si](c2ccccc2)(c2ccccc2)C(C)(C)C)O[C@H]1CO)(c1ccccc1)c1ccccc1. The number of rotatable bonds is 12. The Bertz CT molecular complexity index is 1390. The number of hydrogen-bond acceptors (Lipinski definition) is 4. The first-order valence-electron chi connectivity index (χ1n) is 15.8. The molecular weight excluding hydrogens is 577 g/mol. The van der Waals surface area contributed by atoms with Gasteiger partial charge in [0.2, 0.25) is 0 Å². The number of benzene rings is 4. The van der Waals surface area contributed by atoms with Gasteiger partial charge in [-0.15, -0.1) is 0 Å². The molecule has 1 fully saturated rings. The van der Waals surface area contributed by atoms with Gasteiger partial charge in [-0.05, 0) is 30.8 Å². The highest BCUT2D eigenvalue weighted by atomic mass is 28.4. The van der Waals surface area contributed by atoms with Crippen molar-refractivity contribution >= 4 is 37.4 Å². The minimum atomic E-state index is -2.77. The van der Waals surface area contributed by atoms with E-state index in [9.17, 15) is 5.11 Å². The van der Waals surface area contributed by atoms with Crippen molar-refractivity contribution in [3.63, 3.8) is 0 Å². The Hall–Kier alpha value is -2.85. The largest absolute Gasteiger partial charge is 0.407 e. The van der Waals surface area contributed by atoms with Gasteiger partial charge in [-0.1, -0.05) is 163 Å². The fourth-order valence-corrected chi connectivity index (χ4v) is 16.2. The summed E-state index contributed by atoms with van der Waals surface area (Å²) in [6.07, 6.45) is 0.365. The summed E-state index contributed by atoms with van der Waals surface area (Å²) in [4.78, 5) is 0. The average Bonchev–Trinajstić information content (AvgIpc) is 3.73. The third kappa shape index (κ3) is 6.04. The second-order valence-electron chi connectivity index (χ2n) is 14.1. The van der Waals surface area contributed by atoms with Crippen molar-refractivity contribution in [3.8, 4) is 0 Å². The first-order chi connectivity index (χ1) is 21.0. The van der Waals surface area contributed by atoms with Crippen LogP contribution in [0.15, 0.2) is 121 Å². The Morgan fingerprint density at radius 1 is 0.591 bits per heavy atom. The van der Waals surface area contributed by atoms with Crippen LogP contribution in [0.4, 0.5) is 0 Å². The number of ether oxygens (including phenoxy) is 1. The summed E-state index contributed by atoms with van der Waals surface area (Å²) < 4.78 is 20.9. The Labute approximate surface area is 266 Å². The number of epoxide rings is 1. The monoisotopic (exact) mass is 624 g/mol. The molecule has 0 bridgehead atoms. The van der Waals surface area contributed by atoms with Crippen molar-refractivity contribution in [2.45, 2.75) is 69.7 Å². The van der Waals surface area contributed by atoms with Gasteiger partial charge in [0.05, 0.1) is 13.2 Å². The van der Waals surface area contributed by atoms with Crippen LogP contribution in [-0.2, 0) is 13.6 Å². The van der Waals surface area contributed by atoms with Crippen molar-refractivity contribution in [3.05, 3.63) is 121 Å². The summed E-state index contributed by atoms with van der Waals surface area (Å²) in [5.41, 5.74) is -0.604. The molecule has 0 spiro atoms. The number of aliphatic hydroxyl groups excluding tert-OH is 1. The summed E-state index contributed by atoms with van der Waals surface area (Å²) in [5.74, 6) is 0. The molecule has 0 saturated carbocycles. The Balaban J connectivity index is 1.47. The molecule has 1 saturated heterocycles. The van der Waals surface area contributed by atoms with Crippen LogP contribution in [-0.4, -0.2) is 53.3 Å². The van der Waals surface area contributed by atoms with E-state index in [0.29, 0.717) is 19.6 Å². The number of aliphatic hydroxyl groups is 1. The lowest BCUT2D eigenvalue weighted by atomic mass is 10.0. The van der Waals surface area contributed by atoms with Crippen LogP contribution in [0.1, 0.15) is 48.0 Å². The summed E-state index contributed by atoms with van der Waals surface area (Å²) in [6.45, 7) is 14.6. The topological polar surface area (TPSA) is 51.2 Å². The molecule has 4 aromatic rings. The highest BCUT2D eigenvalue weighted by molar-refractivity contribution is 7.00. The summed E-state index contributed by atoms with van der Waals surface area (Å²) in [7, 11) is -5.46. The third-order valence-corrected chi connectivity index (χ3v) is 19.3. The lowest BCUT2D eigenvalue weighted by Gasteiger charge is -2.44. The highest BCUT2D eigenvalue weighted by Crippen LogP contribution is 2.44. The van der Waals surface area contributed by atoms with Crippen LogP contribution in [0.5, 0.6) is 0 Å². The number of hydrogen-bond donors (Lipinski definition) is 1. The molecule has 0 amide bonds. The van der Waals surface area contributed by atoms with Gasteiger partial charge in [-0.2, -0.15) is 0 Å². The molecule has 1 aliphatic rings. The molecule has 4 nitrogen and oxygen atoms in total. The van der Waals surface area contributed by atoms with Gasteiger partial charge < -0.3 is 18.7 Å². The maximum Gasteiger partial charge on any atom is 0.261 e. The van der Waals surface area contributed by atoms with Crippen molar-refractivity contribution in [2.24, 2.45) is 0 Å². The molecule has 1 aliphatic heterocycles. The third-order valence-electron chi connectivity index (χ3n) is 9.28. The van der Waals surface area contributed by atoms with E-state index >= 15 is 0 Å². The maximum absolute atomic E-state index is 10.3. The van der Waals surface area contributed by atoms with E-state index in [4.69, 9.17) is 13.6 Å². The van der Waals surface area contributed by atoms with Crippen molar-refractivity contribution in [1.82, 2.24) is 0 Å². The fraction of sp³-hybridized carbons (Fsp3) is 0.368. The summed E-state index contributed by atoms with van der Waals surface area (Å²) >= 11 is 0. The van der Waals surface area contributed by atoms with Gasteiger partial charge >= 0.3 is 0 Å². The molecule has 5 rings (SSSR count). The van der Waals surface area contributed by atoms with Crippen LogP contribution < -0.4 is 20.7 Å². The molecule has 0 aliphatic carbocycles.